The van der Waals surface area contributed by atoms with E-state index in [1.54, 1.807) is 12.1 Å². The number of carbonyl (C=O) groups is 2. The molecular formula is C15H23ClN2O3. The van der Waals surface area contributed by atoms with Crippen LogP contribution in [0.2, 0.25) is 0 Å². The average Bonchev–Trinajstić information content (AvgIpc) is 2.50. The molecule has 0 aromatic heterocycles. The van der Waals surface area contributed by atoms with E-state index >= 15 is 0 Å². The number of amides is 1. The van der Waals surface area contributed by atoms with Crippen molar-refractivity contribution in [2.45, 2.75) is 26.3 Å². The van der Waals surface area contributed by atoms with Crippen LogP contribution in [0.4, 0.5) is 5.69 Å². The first-order valence-corrected chi connectivity index (χ1v) is 6.70. The fourth-order valence-electron chi connectivity index (χ4n) is 1.78. The topological polar surface area (TPSA) is 72.6 Å². The molecule has 6 heteroatoms. The molecule has 2 N–H and O–H groups in total. The monoisotopic (exact) mass is 314 g/mol. The summed E-state index contributed by atoms with van der Waals surface area (Å²) in [5.74, 6) is -0.694. The molecule has 1 rings (SSSR count). The Balaban J connectivity index is 0.00000400. The molecule has 1 aromatic carbocycles. The molecule has 2 atom stereocenters. The predicted molar refractivity (Wildman–Crippen MR) is 85.5 cm³/mol. The SMILES string of the molecule is CC[C@H](C)[C@H](N)C(=O)N(CC(=O)OC)c1ccccc1.Cl. The maximum absolute atomic E-state index is 12.5. The van der Waals surface area contributed by atoms with Crippen molar-refractivity contribution in [1.82, 2.24) is 0 Å². The van der Waals surface area contributed by atoms with Crippen molar-refractivity contribution < 1.29 is 14.3 Å². The van der Waals surface area contributed by atoms with E-state index in [1.807, 2.05) is 32.0 Å². The number of nitrogens with zero attached hydrogens (tertiary/aromatic N) is 1. The van der Waals surface area contributed by atoms with Gasteiger partial charge in [-0.15, -0.1) is 12.4 Å². The van der Waals surface area contributed by atoms with Gasteiger partial charge in [-0.1, -0.05) is 38.5 Å². The Hall–Kier alpha value is -1.59. The van der Waals surface area contributed by atoms with Gasteiger partial charge in [0.25, 0.3) is 0 Å². The summed E-state index contributed by atoms with van der Waals surface area (Å²) < 4.78 is 4.65. The lowest BCUT2D eigenvalue weighted by Gasteiger charge is -2.27. The second-order valence-corrected chi connectivity index (χ2v) is 4.75. The van der Waals surface area contributed by atoms with Crippen LogP contribution in [0, 0.1) is 5.92 Å². The number of para-hydroxylation sites is 1. The Kier molecular flexibility index (Phi) is 8.66. The number of methoxy groups -OCH3 is 1. The smallest absolute Gasteiger partial charge is 0.325 e. The van der Waals surface area contributed by atoms with E-state index in [-0.39, 0.29) is 30.8 Å². The number of anilines is 1. The van der Waals surface area contributed by atoms with E-state index < -0.39 is 12.0 Å². The van der Waals surface area contributed by atoms with Crippen molar-refractivity contribution in [3.63, 3.8) is 0 Å². The molecule has 0 aliphatic rings. The quantitative estimate of drug-likeness (QED) is 0.815. The van der Waals surface area contributed by atoms with Crippen molar-refractivity contribution in [2.75, 3.05) is 18.6 Å². The molecule has 0 radical (unpaired) electrons. The largest absolute Gasteiger partial charge is 0.468 e. The van der Waals surface area contributed by atoms with E-state index in [4.69, 9.17) is 5.73 Å². The maximum Gasteiger partial charge on any atom is 0.325 e. The summed E-state index contributed by atoms with van der Waals surface area (Å²) in [4.78, 5) is 25.4. The van der Waals surface area contributed by atoms with E-state index in [1.165, 1.54) is 12.0 Å². The third kappa shape index (κ3) is 5.36. The van der Waals surface area contributed by atoms with Crippen molar-refractivity contribution >= 4 is 30.0 Å². The van der Waals surface area contributed by atoms with Gasteiger partial charge in [-0.2, -0.15) is 0 Å². The summed E-state index contributed by atoms with van der Waals surface area (Å²) >= 11 is 0. The molecule has 1 aromatic rings. The summed E-state index contributed by atoms with van der Waals surface area (Å²) in [6.07, 6.45) is 0.799. The number of halogens is 1. The van der Waals surface area contributed by atoms with E-state index in [0.717, 1.165) is 6.42 Å². The number of benzene rings is 1. The molecule has 21 heavy (non-hydrogen) atoms. The fourth-order valence-corrected chi connectivity index (χ4v) is 1.78. The third-order valence-electron chi connectivity index (χ3n) is 3.39. The van der Waals surface area contributed by atoms with Crippen molar-refractivity contribution in [1.29, 1.82) is 0 Å². The van der Waals surface area contributed by atoms with Crippen molar-refractivity contribution in [2.24, 2.45) is 11.7 Å². The molecule has 0 heterocycles. The first-order chi connectivity index (χ1) is 9.51. The minimum Gasteiger partial charge on any atom is -0.468 e. The van der Waals surface area contributed by atoms with Crippen LogP contribution in [0.5, 0.6) is 0 Å². The zero-order chi connectivity index (χ0) is 15.1. The highest BCUT2D eigenvalue weighted by molar-refractivity contribution is 6.00. The summed E-state index contributed by atoms with van der Waals surface area (Å²) in [6.45, 7) is 3.76. The van der Waals surface area contributed by atoms with Gasteiger partial charge in [0.15, 0.2) is 0 Å². The molecule has 0 fully saturated rings. The molecule has 0 bridgehead atoms. The first-order valence-electron chi connectivity index (χ1n) is 6.70. The highest BCUT2D eigenvalue weighted by Crippen LogP contribution is 2.17. The molecule has 0 aliphatic heterocycles. The van der Waals surface area contributed by atoms with Crippen LogP contribution in [-0.4, -0.2) is 31.6 Å². The zero-order valence-electron chi connectivity index (χ0n) is 12.6. The summed E-state index contributed by atoms with van der Waals surface area (Å²) in [5, 5.41) is 0. The van der Waals surface area contributed by atoms with Crippen molar-refractivity contribution in [3.05, 3.63) is 30.3 Å². The van der Waals surface area contributed by atoms with Crippen LogP contribution < -0.4 is 10.6 Å². The number of nitrogens with two attached hydrogens (primary N) is 1. The molecule has 1 amide bonds. The predicted octanol–water partition coefficient (Wildman–Crippen LogP) is 1.99. The second-order valence-electron chi connectivity index (χ2n) is 4.75. The maximum atomic E-state index is 12.5. The highest BCUT2D eigenvalue weighted by Gasteiger charge is 2.27. The van der Waals surface area contributed by atoms with Gasteiger partial charge in [0, 0.05) is 5.69 Å². The fraction of sp³-hybridized carbons (Fsp3) is 0.467. The zero-order valence-corrected chi connectivity index (χ0v) is 13.4. The average molecular weight is 315 g/mol. The Labute approximate surface area is 131 Å². The molecule has 118 valence electrons. The molecule has 0 saturated carbocycles. The number of ether oxygens (including phenoxy) is 1. The summed E-state index contributed by atoms with van der Waals surface area (Å²) in [7, 11) is 1.30. The van der Waals surface area contributed by atoms with Gasteiger partial charge < -0.3 is 10.5 Å². The normalized spacial score (nSPS) is 12.8. The van der Waals surface area contributed by atoms with Crippen LogP contribution in [0.1, 0.15) is 20.3 Å². The summed E-state index contributed by atoms with van der Waals surface area (Å²) in [5.41, 5.74) is 6.62. The molecule has 0 aliphatic carbocycles. The molecule has 0 spiro atoms. The lowest BCUT2D eigenvalue weighted by molar-refractivity contribution is -0.140. The Morgan fingerprint density at radius 1 is 1.29 bits per heavy atom. The van der Waals surface area contributed by atoms with Gasteiger partial charge in [0.05, 0.1) is 13.2 Å². The Morgan fingerprint density at radius 2 is 1.86 bits per heavy atom. The van der Waals surface area contributed by atoms with Crippen LogP contribution >= 0.6 is 12.4 Å². The molecule has 0 unspecified atom stereocenters. The number of rotatable bonds is 6. The molecule has 0 saturated heterocycles. The van der Waals surface area contributed by atoms with E-state index in [9.17, 15) is 9.59 Å². The minimum absolute atomic E-state index is 0. The van der Waals surface area contributed by atoms with E-state index in [0.29, 0.717) is 5.69 Å². The van der Waals surface area contributed by atoms with Crippen LogP contribution in [-0.2, 0) is 14.3 Å². The Bertz CT molecular complexity index is 453. The number of carbonyl (C=O) groups excluding carboxylic acids is 2. The van der Waals surface area contributed by atoms with Gasteiger partial charge in [0.1, 0.15) is 6.54 Å². The number of hydrogen-bond acceptors (Lipinski definition) is 4. The van der Waals surface area contributed by atoms with Crippen LogP contribution in [0.25, 0.3) is 0 Å². The first kappa shape index (κ1) is 19.4. The second kappa shape index (κ2) is 9.37. The number of esters is 1. The lowest BCUT2D eigenvalue weighted by atomic mass is 9.98. The van der Waals surface area contributed by atoms with Crippen LogP contribution in [0.15, 0.2) is 30.3 Å². The number of hydrogen-bond donors (Lipinski definition) is 1. The standard InChI is InChI=1S/C15H22N2O3.ClH/c1-4-11(2)14(16)15(19)17(10-13(18)20-3)12-8-6-5-7-9-12;/h5-9,11,14H,4,10,16H2,1-3H3;1H/t11-,14-;/m0./s1. The molecular weight excluding hydrogens is 292 g/mol. The van der Waals surface area contributed by atoms with Gasteiger partial charge in [-0.05, 0) is 18.1 Å². The lowest BCUT2D eigenvalue weighted by Crippen LogP contribution is -2.49. The van der Waals surface area contributed by atoms with E-state index in [2.05, 4.69) is 4.74 Å². The van der Waals surface area contributed by atoms with Crippen LogP contribution in [0.3, 0.4) is 0 Å². The highest BCUT2D eigenvalue weighted by atomic mass is 35.5. The van der Waals surface area contributed by atoms with Gasteiger partial charge in [0.2, 0.25) is 5.91 Å². The minimum atomic E-state index is -0.634. The van der Waals surface area contributed by atoms with Crippen molar-refractivity contribution in [3.8, 4) is 0 Å². The van der Waals surface area contributed by atoms with Gasteiger partial charge >= 0.3 is 5.97 Å². The third-order valence-corrected chi connectivity index (χ3v) is 3.39. The summed E-state index contributed by atoms with van der Waals surface area (Å²) in [6, 6.07) is 8.36. The van der Waals surface area contributed by atoms with Gasteiger partial charge in [-0.25, -0.2) is 0 Å². The molecule has 5 nitrogen and oxygen atoms in total. The Morgan fingerprint density at radius 3 is 2.33 bits per heavy atom. The van der Waals surface area contributed by atoms with Gasteiger partial charge in [-0.3, -0.25) is 14.5 Å².